The highest BCUT2D eigenvalue weighted by molar-refractivity contribution is 5.74. The summed E-state index contributed by atoms with van der Waals surface area (Å²) in [6.07, 6.45) is 1.63. The van der Waals surface area contributed by atoms with Gasteiger partial charge in [0.05, 0.1) is 37.1 Å². The highest BCUT2D eigenvalue weighted by atomic mass is 16.9. The SMILES string of the molecule is CCOC(C#Cc1cnc2ccccc2n1)(OCC)OCC. The molecule has 0 unspecified atom stereocenters. The monoisotopic (exact) mass is 300 g/mol. The molecule has 0 bridgehead atoms. The van der Waals surface area contributed by atoms with Gasteiger partial charge < -0.3 is 14.2 Å². The van der Waals surface area contributed by atoms with Crippen molar-refractivity contribution in [1.82, 2.24) is 9.97 Å². The van der Waals surface area contributed by atoms with Crippen LogP contribution in [-0.4, -0.2) is 35.8 Å². The van der Waals surface area contributed by atoms with Gasteiger partial charge in [-0.15, -0.1) is 0 Å². The van der Waals surface area contributed by atoms with Crippen molar-refractivity contribution in [1.29, 1.82) is 0 Å². The Labute approximate surface area is 130 Å². The fraction of sp³-hybridized carbons (Fsp3) is 0.412. The smallest absolute Gasteiger partial charge is 0.317 e. The van der Waals surface area contributed by atoms with E-state index in [1.807, 2.05) is 45.0 Å². The molecule has 0 aliphatic carbocycles. The van der Waals surface area contributed by atoms with E-state index < -0.39 is 5.97 Å². The van der Waals surface area contributed by atoms with E-state index in [4.69, 9.17) is 14.2 Å². The normalized spacial score (nSPS) is 11.2. The Bertz CT molecular complexity index is 659. The second kappa shape index (κ2) is 7.85. The van der Waals surface area contributed by atoms with Crippen LogP contribution >= 0.6 is 0 Å². The van der Waals surface area contributed by atoms with Gasteiger partial charge in [0.25, 0.3) is 0 Å². The van der Waals surface area contributed by atoms with Crippen molar-refractivity contribution in [2.24, 2.45) is 0 Å². The Balaban J connectivity index is 2.33. The van der Waals surface area contributed by atoms with Crippen molar-refractivity contribution in [2.75, 3.05) is 19.8 Å². The molecule has 0 N–H and O–H groups in total. The van der Waals surface area contributed by atoms with Crippen LogP contribution in [0.1, 0.15) is 26.5 Å². The van der Waals surface area contributed by atoms with Crippen LogP contribution in [0.4, 0.5) is 0 Å². The number of aromatic nitrogens is 2. The molecule has 0 atom stereocenters. The van der Waals surface area contributed by atoms with Crippen LogP contribution in [0.2, 0.25) is 0 Å². The number of rotatable bonds is 6. The summed E-state index contributed by atoms with van der Waals surface area (Å²) in [6.45, 7) is 6.88. The Morgan fingerprint density at radius 2 is 1.55 bits per heavy atom. The van der Waals surface area contributed by atoms with Gasteiger partial charge >= 0.3 is 5.97 Å². The molecule has 0 amide bonds. The summed E-state index contributed by atoms with van der Waals surface area (Å²) in [7, 11) is 0. The molecule has 0 radical (unpaired) electrons. The van der Waals surface area contributed by atoms with Gasteiger partial charge in [0.1, 0.15) is 5.69 Å². The summed E-state index contributed by atoms with van der Waals surface area (Å²) in [5, 5.41) is 0. The first-order chi connectivity index (χ1) is 10.7. The summed E-state index contributed by atoms with van der Waals surface area (Å²) in [4.78, 5) is 8.79. The van der Waals surface area contributed by atoms with Crippen LogP contribution in [0.25, 0.3) is 11.0 Å². The van der Waals surface area contributed by atoms with Crippen molar-refractivity contribution < 1.29 is 14.2 Å². The van der Waals surface area contributed by atoms with E-state index in [0.717, 1.165) is 11.0 Å². The number of hydrogen-bond acceptors (Lipinski definition) is 5. The van der Waals surface area contributed by atoms with E-state index in [1.165, 1.54) is 0 Å². The first-order valence-corrected chi connectivity index (χ1v) is 7.39. The second-order valence-electron chi connectivity index (χ2n) is 4.35. The van der Waals surface area contributed by atoms with Crippen molar-refractivity contribution in [2.45, 2.75) is 26.7 Å². The third-order valence-corrected chi connectivity index (χ3v) is 2.80. The minimum atomic E-state index is -1.36. The quantitative estimate of drug-likeness (QED) is 0.606. The number of para-hydroxylation sites is 2. The number of ether oxygens (including phenoxy) is 3. The minimum Gasteiger partial charge on any atom is -0.317 e. The average Bonchev–Trinajstić information content (AvgIpc) is 2.53. The van der Waals surface area contributed by atoms with Crippen molar-refractivity contribution >= 4 is 11.0 Å². The number of benzene rings is 1. The lowest BCUT2D eigenvalue weighted by atomic mass is 10.3. The van der Waals surface area contributed by atoms with Crippen LogP contribution in [0, 0.1) is 11.8 Å². The third kappa shape index (κ3) is 4.01. The predicted molar refractivity (Wildman–Crippen MR) is 84.0 cm³/mol. The number of nitrogens with zero attached hydrogens (tertiary/aromatic N) is 2. The molecular formula is C17H20N2O3. The molecule has 1 aromatic heterocycles. The largest absolute Gasteiger partial charge is 0.353 e. The average molecular weight is 300 g/mol. The lowest BCUT2D eigenvalue weighted by molar-refractivity contribution is -0.339. The Morgan fingerprint density at radius 1 is 0.955 bits per heavy atom. The lowest BCUT2D eigenvalue weighted by Crippen LogP contribution is -2.38. The van der Waals surface area contributed by atoms with Crippen LogP contribution in [0.15, 0.2) is 30.5 Å². The van der Waals surface area contributed by atoms with Crippen molar-refractivity contribution in [3.8, 4) is 11.8 Å². The van der Waals surface area contributed by atoms with Crippen LogP contribution in [0.5, 0.6) is 0 Å². The van der Waals surface area contributed by atoms with Gasteiger partial charge in [-0.25, -0.2) is 4.98 Å². The topological polar surface area (TPSA) is 53.5 Å². The zero-order chi connectivity index (χ0) is 15.8. The number of fused-ring (bicyclic) bond motifs is 1. The van der Waals surface area contributed by atoms with E-state index in [1.54, 1.807) is 6.20 Å². The molecule has 0 spiro atoms. The van der Waals surface area contributed by atoms with E-state index >= 15 is 0 Å². The molecule has 116 valence electrons. The minimum absolute atomic E-state index is 0.429. The predicted octanol–water partition coefficient (Wildman–Crippen LogP) is 2.74. The summed E-state index contributed by atoms with van der Waals surface area (Å²) in [5.41, 5.74) is 2.17. The van der Waals surface area contributed by atoms with Gasteiger partial charge in [-0.05, 0) is 38.8 Å². The summed E-state index contributed by atoms with van der Waals surface area (Å²) >= 11 is 0. The summed E-state index contributed by atoms with van der Waals surface area (Å²) in [5.74, 6) is 4.48. The van der Waals surface area contributed by atoms with Crippen molar-refractivity contribution in [3.05, 3.63) is 36.2 Å². The van der Waals surface area contributed by atoms with E-state index in [0.29, 0.717) is 25.5 Å². The molecule has 0 saturated carbocycles. The van der Waals surface area contributed by atoms with E-state index in [9.17, 15) is 0 Å². The highest BCUT2D eigenvalue weighted by Gasteiger charge is 2.30. The van der Waals surface area contributed by atoms with E-state index in [-0.39, 0.29) is 0 Å². The van der Waals surface area contributed by atoms with Crippen LogP contribution < -0.4 is 0 Å². The molecule has 1 aromatic carbocycles. The van der Waals surface area contributed by atoms with Crippen LogP contribution in [-0.2, 0) is 14.2 Å². The molecule has 5 nitrogen and oxygen atoms in total. The highest BCUT2D eigenvalue weighted by Crippen LogP contribution is 2.15. The van der Waals surface area contributed by atoms with Gasteiger partial charge in [-0.2, -0.15) is 0 Å². The van der Waals surface area contributed by atoms with Gasteiger partial charge in [0, 0.05) is 5.92 Å². The van der Waals surface area contributed by atoms with Gasteiger partial charge in [0.2, 0.25) is 0 Å². The maximum Gasteiger partial charge on any atom is 0.353 e. The molecule has 0 fully saturated rings. The van der Waals surface area contributed by atoms with Gasteiger partial charge in [0.15, 0.2) is 0 Å². The second-order valence-corrected chi connectivity index (χ2v) is 4.35. The number of hydrogen-bond donors (Lipinski definition) is 0. The fourth-order valence-corrected chi connectivity index (χ4v) is 1.96. The Hall–Kier alpha value is -2.00. The lowest BCUT2D eigenvalue weighted by Gasteiger charge is -2.26. The van der Waals surface area contributed by atoms with Crippen LogP contribution in [0.3, 0.4) is 0 Å². The van der Waals surface area contributed by atoms with E-state index in [2.05, 4.69) is 21.8 Å². The molecule has 0 aliphatic heterocycles. The molecule has 2 aromatic rings. The summed E-state index contributed by atoms with van der Waals surface area (Å²) in [6, 6.07) is 7.64. The third-order valence-electron chi connectivity index (χ3n) is 2.80. The zero-order valence-electron chi connectivity index (χ0n) is 13.1. The summed E-state index contributed by atoms with van der Waals surface area (Å²) < 4.78 is 16.7. The first-order valence-electron chi connectivity index (χ1n) is 7.39. The standard InChI is InChI=1S/C17H20N2O3/c1-4-20-17(21-5-2,22-6-3)12-11-14-13-18-15-9-7-8-10-16(15)19-14/h7-10,13H,4-6H2,1-3H3. The maximum absolute atomic E-state index is 5.55. The molecule has 22 heavy (non-hydrogen) atoms. The molecule has 0 aliphatic rings. The molecule has 5 heteroatoms. The Morgan fingerprint density at radius 3 is 2.14 bits per heavy atom. The molecule has 2 rings (SSSR count). The van der Waals surface area contributed by atoms with Crippen molar-refractivity contribution in [3.63, 3.8) is 0 Å². The molecule has 0 saturated heterocycles. The first kappa shape index (κ1) is 16.4. The Kier molecular flexibility index (Phi) is 5.84. The molecule has 1 heterocycles. The van der Waals surface area contributed by atoms with Gasteiger partial charge in [-0.1, -0.05) is 12.1 Å². The van der Waals surface area contributed by atoms with Gasteiger partial charge in [-0.3, -0.25) is 4.98 Å². The zero-order valence-corrected chi connectivity index (χ0v) is 13.1. The maximum atomic E-state index is 5.55. The fourth-order valence-electron chi connectivity index (χ4n) is 1.96. The molecular weight excluding hydrogens is 280 g/mol.